The molecule has 5 nitrogen and oxygen atoms in total. The minimum absolute atomic E-state index is 0.134. The number of aromatic nitrogens is 1. The Morgan fingerprint density at radius 2 is 2.32 bits per heavy atom. The summed E-state index contributed by atoms with van der Waals surface area (Å²) in [6.45, 7) is 4.61. The maximum atomic E-state index is 11.9. The van der Waals surface area contributed by atoms with Crippen LogP contribution in [0.4, 0.5) is 5.82 Å². The van der Waals surface area contributed by atoms with Gasteiger partial charge in [0.25, 0.3) is 0 Å². The molecule has 2 heterocycles. The minimum atomic E-state index is -0.267. The number of rotatable bonds is 4. The molecule has 0 saturated carbocycles. The molecule has 104 valence electrons. The average molecular weight is 262 g/mol. The van der Waals surface area contributed by atoms with E-state index in [0.717, 1.165) is 31.9 Å². The van der Waals surface area contributed by atoms with Crippen LogP contribution in [0.5, 0.6) is 0 Å². The first kappa shape index (κ1) is 13.8. The molecule has 5 heteroatoms. The maximum absolute atomic E-state index is 11.9. The summed E-state index contributed by atoms with van der Waals surface area (Å²) in [4.78, 5) is 18.5. The number of amides is 1. The smallest absolute Gasteiger partial charge is 0.227 e. The number of hydrogen-bond donors (Lipinski definition) is 2. The fraction of sp³-hybridized carbons (Fsp3) is 0.571. The van der Waals surface area contributed by atoms with E-state index in [1.165, 1.54) is 5.56 Å². The Hall–Kier alpha value is -1.62. The molecule has 0 bridgehead atoms. The van der Waals surface area contributed by atoms with Gasteiger partial charge in [-0.05, 0) is 26.0 Å². The molecule has 1 saturated heterocycles. The highest BCUT2D eigenvalue weighted by Gasteiger charge is 2.39. The predicted molar refractivity (Wildman–Crippen MR) is 75.9 cm³/mol. The fourth-order valence-corrected chi connectivity index (χ4v) is 2.71. The molecule has 2 rings (SSSR count). The van der Waals surface area contributed by atoms with Gasteiger partial charge in [0, 0.05) is 38.9 Å². The van der Waals surface area contributed by atoms with Gasteiger partial charge in [0.2, 0.25) is 5.91 Å². The summed E-state index contributed by atoms with van der Waals surface area (Å²) in [5, 5.41) is 5.87. The topological polar surface area (TPSA) is 57.3 Å². The third-order valence-electron chi connectivity index (χ3n) is 3.85. The van der Waals surface area contributed by atoms with Gasteiger partial charge in [-0.25, -0.2) is 4.98 Å². The first-order valence-electron chi connectivity index (χ1n) is 6.65. The second kappa shape index (κ2) is 5.57. The molecule has 1 atom stereocenters. The standard InChI is InChI=1S/C14H22N4O/c1-14(13(19)16-3)6-8-18(10-14)9-11-5-4-7-17-12(11)15-2/h4-5,7H,6,8-10H2,1-3H3,(H,15,17)(H,16,19). The number of anilines is 1. The molecule has 0 aromatic carbocycles. The lowest BCUT2D eigenvalue weighted by atomic mass is 9.89. The summed E-state index contributed by atoms with van der Waals surface area (Å²) < 4.78 is 0. The Labute approximate surface area is 114 Å². The van der Waals surface area contributed by atoms with Crippen LogP contribution < -0.4 is 10.6 Å². The van der Waals surface area contributed by atoms with Gasteiger partial charge in [-0.2, -0.15) is 0 Å². The van der Waals surface area contributed by atoms with Gasteiger partial charge in [0.05, 0.1) is 5.41 Å². The number of carbonyl (C=O) groups excluding carboxylic acids is 1. The molecule has 1 aliphatic heterocycles. The molecule has 1 fully saturated rings. The number of nitrogens with one attached hydrogen (secondary N) is 2. The SMILES string of the molecule is CNC(=O)C1(C)CCN(Cc2cccnc2NC)C1. The van der Waals surface area contributed by atoms with Gasteiger partial charge in [0.15, 0.2) is 0 Å². The minimum Gasteiger partial charge on any atom is -0.373 e. The molecular weight excluding hydrogens is 240 g/mol. The van der Waals surface area contributed by atoms with E-state index in [-0.39, 0.29) is 11.3 Å². The van der Waals surface area contributed by atoms with Gasteiger partial charge < -0.3 is 10.6 Å². The normalized spacial score (nSPS) is 23.3. The first-order chi connectivity index (χ1) is 9.09. The van der Waals surface area contributed by atoms with Crippen LogP contribution >= 0.6 is 0 Å². The summed E-state index contributed by atoms with van der Waals surface area (Å²) in [5.41, 5.74) is 0.905. The van der Waals surface area contributed by atoms with Crippen molar-refractivity contribution in [2.24, 2.45) is 5.41 Å². The summed E-state index contributed by atoms with van der Waals surface area (Å²) in [6.07, 6.45) is 2.69. The summed E-state index contributed by atoms with van der Waals surface area (Å²) in [5.74, 6) is 1.05. The molecule has 0 radical (unpaired) electrons. The van der Waals surface area contributed by atoms with Gasteiger partial charge in [-0.3, -0.25) is 9.69 Å². The van der Waals surface area contributed by atoms with Crippen LogP contribution in [-0.4, -0.2) is 43.0 Å². The number of hydrogen-bond acceptors (Lipinski definition) is 4. The molecule has 1 amide bonds. The Morgan fingerprint density at radius 1 is 1.53 bits per heavy atom. The molecule has 0 aliphatic carbocycles. The van der Waals surface area contributed by atoms with E-state index >= 15 is 0 Å². The van der Waals surface area contributed by atoms with E-state index in [2.05, 4.69) is 26.6 Å². The highest BCUT2D eigenvalue weighted by molar-refractivity contribution is 5.82. The van der Waals surface area contributed by atoms with Crippen molar-refractivity contribution in [3.8, 4) is 0 Å². The van der Waals surface area contributed by atoms with E-state index in [1.54, 1.807) is 13.2 Å². The Morgan fingerprint density at radius 3 is 3.00 bits per heavy atom. The van der Waals surface area contributed by atoms with Crippen molar-refractivity contribution in [1.82, 2.24) is 15.2 Å². The first-order valence-corrected chi connectivity index (χ1v) is 6.65. The van der Waals surface area contributed by atoms with Gasteiger partial charge in [0.1, 0.15) is 5.82 Å². The van der Waals surface area contributed by atoms with E-state index < -0.39 is 0 Å². The summed E-state index contributed by atoms with van der Waals surface area (Å²) in [7, 11) is 3.58. The van der Waals surface area contributed by atoms with Crippen molar-refractivity contribution in [3.63, 3.8) is 0 Å². The van der Waals surface area contributed by atoms with Gasteiger partial charge in [-0.1, -0.05) is 6.07 Å². The Kier molecular flexibility index (Phi) is 4.04. The summed E-state index contributed by atoms with van der Waals surface area (Å²) in [6, 6.07) is 4.03. The zero-order valence-corrected chi connectivity index (χ0v) is 11.9. The molecular formula is C14H22N4O. The molecule has 1 aromatic heterocycles. The van der Waals surface area contributed by atoms with E-state index in [9.17, 15) is 4.79 Å². The lowest BCUT2D eigenvalue weighted by Gasteiger charge is -2.23. The van der Waals surface area contributed by atoms with Crippen LogP contribution in [0, 0.1) is 5.41 Å². The van der Waals surface area contributed by atoms with Crippen molar-refractivity contribution < 1.29 is 4.79 Å². The van der Waals surface area contributed by atoms with Crippen LogP contribution in [0.15, 0.2) is 18.3 Å². The number of pyridine rings is 1. The predicted octanol–water partition coefficient (Wildman–Crippen LogP) is 1.08. The van der Waals surface area contributed by atoms with Crippen molar-refractivity contribution in [1.29, 1.82) is 0 Å². The largest absolute Gasteiger partial charge is 0.373 e. The van der Waals surface area contributed by atoms with Crippen LogP contribution in [0.1, 0.15) is 18.9 Å². The Bertz CT molecular complexity index is 463. The quantitative estimate of drug-likeness (QED) is 0.852. The Balaban J connectivity index is 2.04. The van der Waals surface area contributed by atoms with Crippen LogP contribution in [0.2, 0.25) is 0 Å². The second-order valence-electron chi connectivity index (χ2n) is 5.36. The van der Waals surface area contributed by atoms with Gasteiger partial charge in [-0.15, -0.1) is 0 Å². The third kappa shape index (κ3) is 2.87. The van der Waals surface area contributed by atoms with Crippen molar-refractivity contribution in [3.05, 3.63) is 23.9 Å². The van der Waals surface area contributed by atoms with E-state index in [1.807, 2.05) is 20.0 Å². The lowest BCUT2D eigenvalue weighted by molar-refractivity contribution is -0.129. The molecule has 1 unspecified atom stereocenters. The lowest BCUT2D eigenvalue weighted by Crippen LogP contribution is -2.39. The van der Waals surface area contributed by atoms with Crippen molar-refractivity contribution in [2.75, 3.05) is 32.5 Å². The maximum Gasteiger partial charge on any atom is 0.227 e. The second-order valence-corrected chi connectivity index (χ2v) is 5.36. The fourth-order valence-electron chi connectivity index (χ4n) is 2.71. The molecule has 0 spiro atoms. The van der Waals surface area contributed by atoms with Crippen molar-refractivity contribution >= 4 is 11.7 Å². The highest BCUT2D eigenvalue weighted by Crippen LogP contribution is 2.31. The molecule has 2 N–H and O–H groups in total. The molecule has 1 aliphatic rings. The number of nitrogens with zero attached hydrogens (tertiary/aromatic N) is 2. The number of carbonyl (C=O) groups is 1. The molecule has 1 aromatic rings. The van der Waals surface area contributed by atoms with E-state index in [0.29, 0.717) is 0 Å². The molecule has 19 heavy (non-hydrogen) atoms. The van der Waals surface area contributed by atoms with Crippen LogP contribution in [0.25, 0.3) is 0 Å². The van der Waals surface area contributed by atoms with Crippen LogP contribution in [-0.2, 0) is 11.3 Å². The summed E-state index contributed by atoms with van der Waals surface area (Å²) >= 11 is 0. The zero-order chi connectivity index (χ0) is 13.9. The van der Waals surface area contributed by atoms with Gasteiger partial charge >= 0.3 is 0 Å². The van der Waals surface area contributed by atoms with Crippen molar-refractivity contribution in [2.45, 2.75) is 19.9 Å². The van der Waals surface area contributed by atoms with E-state index in [4.69, 9.17) is 0 Å². The number of likely N-dealkylation sites (tertiary alicyclic amines) is 1. The average Bonchev–Trinajstić information content (AvgIpc) is 2.81. The zero-order valence-electron chi connectivity index (χ0n) is 11.9. The third-order valence-corrected chi connectivity index (χ3v) is 3.85. The monoisotopic (exact) mass is 262 g/mol. The highest BCUT2D eigenvalue weighted by atomic mass is 16.2. The van der Waals surface area contributed by atoms with Crippen LogP contribution in [0.3, 0.4) is 0 Å².